The Bertz CT molecular complexity index is 940. The van der Waals surface area contributed by atoms with Gasteiger partial charge in [0.15, 0.2) is 0 Å². The number of para-hydroxylation sites is 1. The van der Waals surface area contributed by atoms with E-state index in [1.807, 2.05) is 41.2 Å². The van der Waals surface area contributed by atoms with Crippen LogP contribution in [0.1, 0.15) is 11.6 Å². The molecular weight excluding hydrogens is 324 g/mol. The standard InChI is InChI=1S/C17H16N4O2S/c22-24(23,16-6-3-8-18-12-16)21-13-15(20-10-4-9-19-20)11-14-5-1-2-7-17(14)21/h1-10,12,15H,11,13H2/t15-/m1/s1. The molecule has 0 saturated heterocycles. The maximum Gasteiger partial charge on any atom is 0.265 e. The zero-order valence-electron chi connectivity index (χ0n) is 12.9. The zero-order valence-corrected chi connectivity index (χ0v) is 13.7. The fourth-order valence-electron chi connectivity index (χ4n) is 3.06. The average molecular weight is 340 g/mol. The Morgan fingerprint density at radius 3 is 2.67 bits per heavy atom. The van der Waals surface area contributed by atoms with Crippen LogP contribution < -0.4 is 4.31 Å². The number of rotatable bonds is 3. The molecule has 2 aromatic heterocycles. The lowest BCUT2D eigenvalue weighted by molar-refractivity contribution is 0.446. The van der Waals surface area contributed by atoms with E-state index in [1.54, 1.807) is 24.5 Å². The molecule has 0 saturated carbocycles. The highest BCUT2D eigenvalue weighted by molar-refractivity contribution is 7.92. The van der Waals surface area contributed by atoms with Crippen LogP contribution >= 0.6 is 0 Å². The van der Waals surface area contributed by atoms with Gasteiger partial charge < -0.3 is 0 Å². The van der Waals surface area contributed by atoms with Gasteiger partial charge >= 0.3 is 0 Å². The van der Waals surface area contributed by atoms with Crippen molar-refractivity contribution in [1.29, 1.82) is 0 Å². The number of hydrogen-bond donors (Lipinski definition) is 0. The lowest BCUT2D eigenvalue weighted by Gasteiger charge is -2.35. The number of fused-ring (bicyclic) bond motifs is 1. The summed E-state index contributed by atoms with van der Waals surface area (Å²) in [5.41, 5.74) is 1.72. The molecule has 0 amide bonds. The maximum absolute atomic E-state index is 13.1. The molecule has 1 aliphatic rings. The second kappa shape index (κ2) is 5.76. The number of pyridine rings is 1. The van der Waals surface area contributed by atoms with Crippen molar-refractivity contribution in [1.82, 2.24) is 14.8 Å². The van der Waals surface area contributed by atoms with E-state index in [9.17, 15) is 8.42 Å². The third kappa shape index (κ3) is 2.46. The summed E-state index contributed by atoms with van der Waals surface area (Å²) < 4.78 is 29.5. The van der Waals surface area contributed by atoms with Crippen molar-refractivity contribution in [2.45, 2.75) is 17.4 Å². The summed E-state index contributed by atoms with van der Waals surface area (Å²) in [5, 5.41) is 4.28. The first-order chi connectivity index (χ1) is 11.7. The molecule has 4 rings (SSSR count). The quantitative estimate of drug-likeness (QED) is 0.733. The third-order valence-electron chi connectivity index (χ3n) is 4.21. The van der Waals surface area contributed by atoms with E-state index in [-0.39, 0.29) is 10.9 Å². The average Bonchev–Trinajstić information content (AvgIpc) is 3.16. The number of nitrogens with zero attached hydrogens (tertiary/aromatic N) is 4. The molecule has 0 radical (unpaired) electrons. The molecule has 1 atom stereocenters. The highest BCUT2D eigenvalue weighted by Gasteiger charge is 2.34. The summed E-state index contributed by atoms with van der Waals surface area (Å²) in [5.74, 6) is 0. The molecule has 0 spiro atoms. The van der Waals surface area contributed by atoms with Gasteiger partial charge in [-0.2, -0.15) is 5.10 Å². The van der Waals surface area contributed by atoms with E-state index in [0.29, 0.717) is 6.54 Å². The van der Waals surface area contributed by atoms with Crippen LogP contribution in [0.4, 0.5) is 5.69 Å². The maximum atomic E-state index is 13.1. The van der Waals surface area contributed by atoms with Crippen molar-refractivity contribution >= 4 is 15.7 Å². The van der Waals surface area contributed by atoms with Crippen molar-refractivity contribution in [3.8, 4) is 0 Å². The van der Waals surface area contributed by atoms with Crippen LogP contribution in [0, 0.1) is 0 Å². The van der Waals surface area contributed by atoms with Crippen molar-refractivity contribution in [2.75, 3.05) is 10.8 Å². The first-order valence-electron chi connectivity index (χ1n) is 7.66. The first kappa shape index (κ1) is 14.9. The van der Waals surface area contributed by atoms with Gasteiger partial charge in [0, 0.05) is 24.8 Å². The molecule has 0 aliphatic carbocycles. The highest BCUT2D eigenvalue weighted by Crippen LogP contribution is 2.35. The second-order valence-corrected chi connectivity index (χ2v) is 7.56. The lowest BCUT2D eigenvalue weighted by Crippen LogP contribution is -2.41. The molecule has 1 aromatic carbocycles. The molecule has 0 N–H and O–H groups in total. The Morgan fingerprint density at radius 1 is 1.04 bits per heavy atom. The molecule has 122 valence electrons. The number of benzene rings is 1. The smallest absolute Gasteiger partial charge is 0.265 e. The van der Waals surface area contributed by atoms with Crippen molar-refractivity contribution in [2.24, 2.45) is 0 Å². The largest absolute Gasteiger partial charge is 0.268 e. The Balaban J connectivity index is 1.81. The van der Waals surface area contributed by atoms with Crippen LogP contribution in [0.15, 0.2) is 72.1 Å². The van der Waals surface area contributed by atoms with Crippen LogP contribution in [-0.2, 0) is 16.4 Å². The molecular formula is C17H16N4O2S. The summed E-state index contributed by atoms with van der Waals surface area (Å²) >= 11 is 0. The highest BCUT2D eigenvalue weighted by atomic mass is 32.2. The Hall–Kier alpha value is -2.67. The molecule has 6 nitrogen and oxygen atoms in total. The molecule has 3 heterocycles. The van der Waals surface area contributed by atoms with Gasteiger partial charge in [0.25, 0.3) is 10.0 Å². The van der Waals surface area contributed by atoms with Gasteiger partial charge in [-0.3, -0.25) is 14.0 Å². The summed E-state index contributed by atoms with van der Waals surface area (Å²) in [6.07, 6.45) is 7.27. The Labute approximate surface area is 140 Å². The van der Waals surface area contributed by atoms with Gasteiger partial charge in [-0.15, -0.1) is 0 Å². The first-order valence-corrected chi connectivity index (χ1v) is 9.10. The van der Waals surface area contributed by atoms with Crippen molar-refractivity contribution < 1.29 is 8.42 Å². The van der Waals surface area contributed by atoms with Gasteiger partial charge in [-0.1, -0.05) is 18.2 Å². The minimum atomic E-state index is -3.67. The fourth-order valence-corrected chi connectivity index (χ4v) is 4.57. The molecule has 24 heavy (non-hydrogen) atoms. The predicted octanol–water partition coefficient (Wildman–Crippen LogP) is 2.27. The lowest BCUT2D eigenvalue weighted by atomic mass is 10.00. The summed E-state index contributed by atoms with van der Waals surface area (Å²) in [6, 6.07) is 12.6. The molecule has 0 fully saturated rings. The van der Waals surface area contributed by atoms with Gasteiger partial charge in [0.2, 0.25) is 0 Å². The van der Waals surface area contributed by atoms with Gasteiger partial charge in [0.1, 0.15) is 4.90 Å². The van der Waals surface area contributed by atoms with Crippen LogP contribution in [0.5, 0.6) is 0 Å². The number of anilines is 1. The van der Waals surface area contributed by atoms with E-state index in [0.717, 1.165) is 17.7 Å². The minimum Gasteiger partial charge on any atom is -0.268 e. The summed E-state index contributed by atoms with van der Waals surface area (Å²) in [7, 11) is -3.67. The van der Waals surface area contributed by atoms with E-state index >= 15 is 0 Å². The number of aromatic nitrogens is 3. The van der Waals surface area contributed by atoms with E-state index in [2.05, 4.69) is 10.1 Å². The predicted molar refractivity (Wildman–Crippen MR) is 90.2 cm³/mol. The Kier molecular flexibility index (Phi) is 3.57. The monoisotopic (exact) mass is 340 g/mol. The SMILES string of the molecule is O=S(=O)(c1cccnc1)N1C[C@H](n2cccn2)Cc2ccccc21. The van der Waals surface area contributed by atoms with Gasteiger partial charge in [-0.25, -0.2) is 8.42 Å². The van der Waals surface area contributed by atoms with Crippen molar-refractivity contribution in [3.05, 3.63) is 72.8 Å². The van der Waals surface area contributed by atoms with Gasteiger partial charge in [0.05, 0.1) is 18.3 Å². The molecule has 3 aromatic rings. The van der Waals surface area contributed by atoms with Crippen LogP contribution in [0.2, 0.25) is 0 Å². The third-order valence-corrected chi connectivity index (χ3v) is 5.98. The second-order valence-electron chi connectivity index (χ2n) is 5.70. The van der Waals surface area contributed by atoms with Gasteiger partial charge in [-0.05, 0) is 36.2 Å². The van der Waals surface area contributed by atoms with Crippen LogP contribution in [-0.4, -0.2) is 29.7 Å². The topological polar surface area (TPSA) is 68.1 Å². The van der Waals surface area contributed by atoms with E-state index < -0.39 is 10.0 Å². The van der Waals surface area contributed by atoms with E-state index in [4.69, 9.17) is 0 Å². The Morgan fingerprint density at radius 2 is 1.92 bits per heavy atom. The summed E-state index contributed by atoms with van der Waals surface area (Å²) in [4.78, 5) is 4.14. The minimum absolute atomic E-state index is 0.0404. The number of sulfonamides is 1. The van der Waals surface area contributed by atoms with Crippen LogP contribution in [0.25, 0.3) is 0 Å². The number of hydrogen-bond acceptors (Lipinski definition) is 4. The molecule has 0 unspecified atom stereocenters. The van der Waals surface area contributed by atoms with E-state index in [1.165, 1.54) is 10.5 Å². The zero-order chi connectivity index (χ0) is 16.6. The fraction of sp³-hybridized carbons (Fsp3) is 0.176. The molecule has 7 heteroatoms. The molecule has 0 bridgehead atoms. The summed E-state index contributed by atoms with van der Waals surface area (Å²) in [6.45, 7) is 0.343. The van der Waals surface area contributed by atoms with Crippen LogP contribution in [0.3, 0.4) is 0 Å². The normalized spacial score (nSPS) is 17.5. The molecule has 1 aliphatic heterocycles. The van der Waals surface area contributed by atoms with Crippen molar-refractivity contribution in [3.63, 3.8) is 0 Å².